The van der Waals surface area contributed by atoms with Crippen molar-refractivity contribution in [3.05, 3.63) is 58.2 Å². The zero-order valence-electron chi connectivity index (χ0n) is 22.5. The van der Waals surface area contributed by atoms with Gasteiger partial charge in [0.25, 0.3) is 0 Å². The molecule has 0 radical (unpaired) electrons. The first kappa shape index (κ1) is 28.8. The SMILES string of the molecule is CC1(C)OB(c2c(F)cc(C(O)c3c(C=O)cc(F)c(B4OC(C)(C)C(C)(C)O4)c3F)cc2F)OC1(C)C. The Balaban J connectivity index is 1.76. The van der Waals surface area contributed by atoms with Crippen LogP contribution in [0.25, 0.3) is 0 Å². The number of carbonyl (C=O) groups excluding carboxylic acids is 1. The maximum absolute atomic E-state index is 15.8. The second-order valence-electron chi connectivity index (χ2n) is 11.7. The van der Waals surface area contributed by atoms with Crippen LogP contribution in [0.1, 0.15) is 83.0 Å². The summed E-state index contributed by atoms with van der Waals surface area (Å²) in [5.41, 5.74) is -6.41. The van der Waals surface area contributed by atoms with Crippen LogP contribution in [0.5, 0.6) is 0 Å². The van der Waals surface area contributed by atoms with Crippen LogP contribution in [0.4, 0.5) is 17.6 Å². The number of hydrogen-bond acceptors (Lipinski definition) is 6. The third-order valence-electron chi connectivity index (χ3n) is 8.12. The minimum Gasteiger partial charge on any atom is -0.399 e. The van der Waals surface area contributed by atoms with Crippen LogP contribution < -0.4 is 10.9 Å². The minimum absolute atomic E-state index is 0.143. The van der Waals surface area contributed by atoms with Crippen molar-refractivity contribution in [2.45, 2.75) is 83.9 Å². The van der Waals surface area contributed by atoms with Gasteiger partial charge in [-0.25, -0.2) is 17.6 Å². The lowest BCUT2D eigenvalue weighted by molar-refractivity contribution is 0.00578. The van der Waals surface area contributed by atoms with Gasteiger partial charge in [-0.1, -0.05) is 0 Å². The van der Waals surface area contributed by atoms with Crippen molar-refractivity contribution < 1.29 is 46.1 Å². The van der Waals surface area contributed by atoms with E-state index in [0.29, 0.717) is 0 Å². The predicted octanol–water partition coefficient (Wildman–Crippen LogP) is 3.74. The molecule has 6 nitrogen and oxygen atoms in total. The second kappa shape index (κ2) is 9.16. The number of aldehydes is 1. The molecule has 2 aliphatic heterocycles. The van der Waals surface area contributed by atoms with E-state index in [1.54, 1.807) is 55.4 Å². The van der Waals surface area contributed by atoms with E-state index >= 15 is 13.2 Å². The van der Waals surface area contributed by atoms with Gasteiger partial charge >= 0.3 is 14.2 Å². The number of hydrogen-bond donors (Lipinski definition) is 1. The van der Waals surface area contributed by atoms with Gasteiger partial charge in [-0.05, 0) is 79.2 Å². The van der Waals surface area contributed by atoms with Gasteiger partial charge in [0.05, 0.1) is 33.3 Å². The lowest BCUT2D eigenvalue weighted by Gasteiger charge is -2.32. The molecule has 0 saturated carbocycles. The Hall–Kier alpha value is -2.24. The highest BCUT2D eigenvalue weighted by Gasteiger charge is 2.55. The van der Waals surface area contributed by atoms with Gasteiger partial charge in [-0.3, -0.25) is 4.79 Å². The molecule has 0 bridgehead atoms. The molecular weight excluding hydrogens is 506 g/mol. The van der Waals surface area contributed by atoms with Gasteiger partial charge in [-0.2, -0.15) is 0 Å². The summed E-state index contributed by atoms with van der Waals surface area (Å²) in [6, 6.07) is 2.31. The quantitative estimate of drug-likeness (QED) is 0.357. The maximum Gasteiger partial charge on any atom is 0.500 e. The first-order valence-corrected chi connectivity index (χ1v) is 12.2. The van der Waals surface area contributed by atoms with Crippen LogP contribution in [0.15, 0.2) is 18.2 Å². The summed E-state index contributed by atoms with van der Waals surface area (Å²) in [6.45, 7) is 13.6. The summed E-state index contributed by atoms with van der Waals surface area (Å²) in [6.07, 6.45) is -1.89. The predicted molar refractivity (Wildman–Crippen MR) is 134 cm³/mol. The average molecular weight is 536 g/mol. The molecular formula is C26H30B2F4O6. The van der Waals surface area contributed by atoms with E-state index in [1.165, 1.54) is 0 Å². The second-order valence-corrected chi connectivity index (χ2v) is 11.7. The number of aliphatic hydroxyl groups is 1. The topological polar surface area (TPSA) is 74.2 Å². The smallest absolute Gasteiger partial charge is 0.399 e. The van der Waals surface area contributed by atoms with Crippen molar-refractivity contribution in [1.82, 2.24) is 0 Å². The standard InChI is InChI=1S/C26H30B2F4O6/c1-23(2)24(3,4)36-27(35-23)19-15(29)9-13(10-16(19)30)22(34)18-14(12-33)11-17(31)20(21(18)32)28-37-25(5,6)26(7,8)38-28/h9-12,22,34H,1-8H3. The first-order chi connectivity index (χ1) is 17.3. The van der Waals surface area contributed by atoms with Crippen LogP contribution in [0.3, 0.4) is 0 Å². The Kier molecular flexibility index (Phi) is 6.93. The molecule has 1 atom stereocenters. The van der Waals surface area contributed by atoms with Crippen LogP contribution in [0, 0.1) is 23.3 Å². The van der Waals surface area contributed by atoms with E-state index in [0.717, 1.165) is 18.2 Å². The first-order valence-electron chi connectivity index (χ1n) is 12.2. The highest BCUT2D eigenvalue weighted by Crippen LogP contribution is 2.39. The van der Waals surface area contributed by atoms with Gasteiger partial charge in [0, 0.05) is 11.1 Å². The highest BCUT2D eigenvalue weighted by molar-refractivity contribution is 6.62. The van der Waals surface area contributed by atoms with E-state index in [2.05, 4.69) is 0 Å². The Labute approximate surface area is 219 Å². The van der Waals surface area contributed by atoms with Crippen molar-refractivity contribution in [3.8, 4) is 0 Å². The lowest BCUT2D eigenvalue weighted by Crippen LogP contribution is -2.41. The number of aliphatic hydroxyl groups excluding tert-OH is 1. The molecule has 38 heavy (non-hydrogen) atoms. The summed E-state index contributed by atoms with van der Waals surface area (Å²) in [5.74, 6) is -4.68. The molecule has 1 unspecified atom stereocenters. The van der Waals surface area contributed by atoms with Crippen LogP contribution in [-0.2, 0) is 18.6 Å². The van der Waals surface area contributed by atoms with Crippen LogP contribution >= 0.6 is 0 Å². The van der Waals surface area contributed by atoms with E-state index in [9.17, 15) is 14.3 Å². The van der Waals surface area contributed by atoms with Crippen molar-refractivity contribution in [3.63, 3.8) is 0 Å². The van der Waals surface area contributed by atoms with E-state index in [4.69, 9.17) is 18.6 Å². The molecule has 0 amide bonds. The summed E-state index contributed by atoms with van der Waals surface area (Å²) < 4.78 is 84.2. The molecule has 2 saturated heterocycles. The van der Waals surface area contributed by atoms with Crippen molar-refractivity contribution in [2.24, 2.45) is 0 Å². The molecule has 0 spiro atoms. The molecule has 4 rings (SSSR count). The average Bonchev–Trinajstić information content (AvgIpc) is 3.11. The lowest BCUT2D eigenvalue weighted by atomic mass is 9.75. The monoisotopic (exact) mass is 536 g/mol. The molecule has 2 fully saturated rings. The molecule has 2 heterocycles. The number of carbonyl (C=O) groups is 1. The van der Waals surface area contributed by atoms with Crippen LogP contribution in [0.2, 0.25) is 0 Å². The fourth-order valence-corrected chi connectivity index (χ4v) is 4.34. The zero-order chi connectivity index (χ0) is 28.6. The van der Waals surface area contributed by atoms with Gasteiger partial charge in [0.1, 0.15) is 29.4 Å². The van der Waals surface area contributed by atoms with E-state index in [1.807, 2.05) is 0 Å². The molecule has 2 aromatic rings. The maximum atomic E-state index is 15.8. The highest BCUT2D eigenvalue weighted by atomic mass is 19.1. The molecule has 0 aliphatic carbocycles. The van der Waals surface area contributed by atoms with Crippen molar-refractivity contribution >= 4 is 31.4 Å². The molecule has 12 heteroatoms. The number of rotatable bonds is 5. The molecule has 2 aromatic carbocycles. The Morgan fingerprint density at radius 1 is 0.711 bits per heavy atom. The third kappa shape index (κ3) is 4.50. The van der Waals surface area contributed by atoms with Crippen molar-refractivity contribution in [2.75, 3.05) is 0 Å². The number of benzene rings is 2. The Bertz CT molecular complexity index is 1240. The van der Waals surface area contributed by atoms with Crippen molar-refractivity contribution in [1.29, 1.82) is 0 Å². The molecule has 0 aromatic heterocycles. The fraction of sp³-hybridized carbons (Fsp3) is 0.500. The van der Waals surface area contributed by atoms with Gasteiger partial charge < -0.3 is 23.7 Å². The fourth-order valence-electron chi connectivity index (χ4n) is 4.34. The van der Waals surface area contributed by atoms with Gasteiger partial charge in [-0.15, -0.1) is 0 Å². The Morgan fingerprint density at radius 3 is 1.47 bits per heavy atom. The van der Waals surface area contributed by atoms with E-state index in [-0.39, 0.29) is 6.29 Å². The zero-order valence-corrected chi connectivity index (χ0v) is 22.5. The number of halogens is 4. The minimum atomic E-state index is -2.03. The normalized spacial score (nSPS) is 22.1. The Morgan fingerprint density at radius 2 is 1.08 bits per heavy atom. The largest absolute Gasteiger partial charge is 0.500 e. The third-order valence-corrected chi connectivity index (χ3v) is 8.12. The molecule has 1 N–H and O–H groups in total. The summed E-state index contributed by atoms with van der Waals surface area (Å²) in [5, 5.41) is 11.0. The molecule has 2 aliphatic rings. The molecule has 204 valence electrons. The van der Waals surface area contributed by atoms with E-state index < -0.39 is 93.6 Å². The van der Waals surface area contributed by atoms with Crippen LogP contribution in [-0.4, -0.2) is 48.0 Å². The summed E-state index contributed by atoms with van der Waals surface area (Å²) >= 11 is 0. The van der Waals surface area contributed by atoms with Gasteiger partial charge in [0.2, 0.25) is 0 Å². The van der Waals surface area contributed by atoms with Gasteiger partial charge in [0.15, 0.2) is 6.29 Å². The summed E-state index contributed by atoms with van der Waals surface area (Å²) in [4.78, 5) is 11.7. The summed E-state index contributed by atoms with van der Waals surface area (Å²) in [7, 11) is -2.86.